The molecule has 2 amide bonds. The lowest BCUT2D eigenvalue weighted by atomic mass is 9.64. The van der Waals surface area contributed by atoms with Crippen LogP contribution in [0, 0.1) is 29.1 Å². The number of rotatable bonds is 9. The summed E-state index contributed by atoms with van der Waals surface area (Å²) in [6.45, 7) is 7.81. The van der Waals surface area contributed by atoms with Crippen molar-refractivity contribution in [3.63, 3.8) is 0 Å². The number of amides is 2. The Labute approximate surface area is 194 Å². The number of carbonyl (C=O) groups excluding carboxylic acids is 2. The lowest BCUT2D eigenvalue weighted by molar-refractivity contribution is -0.145. The fourth-order valence-electron chi connectivity index (χ4n) is 4.75. The Morgan fingerprint density at radius 2 is 1.94 bits per heavy atom. The number of hydrogen-bond acceptors (Lipinski definition) is 5. The Kier molecular flexibility index (Phi) is 7.49. The third-order valence-electron chi connectivity index (χ3n) is 6.80. The molecule has 0 saturated heterocycles. The van der Waals surface area contributed by atoms with E-state index < -0.39 is 17.3 Å². The van der Waals surface area contributed by atoms with E-state index in [1.807, 2.05) is 13.8 Å². The zero-order chi connectivity index (χ0) is 24.3. The van der Waals surface area contributed by atoms with Gasteiger partial charge in [0.1, 0.15) is 5.56 Å². The molecule has 2 saturated carbocycles. The molecule has 9 nitrogen and oxygen atoms in total. The smallest absolute Gasteiger partial charge is 0.306 e. The highest BCUT2D eigenvalue weighted by atomic mass is 16.5. The van der Waals surface area contributed by atoms with Crippen LogP contribution in [0.4, 0.5) is 0 Å². The molecule has 0 spiro atoms. The molecule has 0 aliphatic heterocycles. The summed E-state index contributed by atoms with van der Waals surface area (Å²) >= 11 is 0. The summed E-state index contributed by atoms with van der Waals surface area (Å²) in [4.78, 5) is 36.5. The normalized spacial score (nSPS) is 25.2. The SMILES string of the molecule is CC(C)COc1c(C(=O)NC2C3CCCC2CC(C(=O)O)C3)cnn1C=CC(C)(C)C(N)=O. The molecule has 0 aromatic carbocycles. The van der Waals surface area contributed by atoms with Gasteiger partial charge >= 0.3 is 5.97 Å². The van der Waals surface area contributed by atoms with Crippen molar-refractivity contribution in [1.29, 1.82) is 0 Å². The number of primary amides is 1. The molecule has 0 radical (unpaired) electrons. The Morgan fingerprint density at radius 3 is 2.48 bits per heavy atom. The fourth-order valence-corrected chi connectivity index (χ4v) is 4.75. The topological polar surface area (TPSA) is 137 Å². The Bertz CT molecular complexity index is 906. The van der Waals surface area contributed by atoms with Crippen molar-refractivity contribution < 1.29 is 24.2 Å². The molecular formula is C24H36N4O5. The van der Waals surface area contributed by atoms with Gasteiger partial charge < -0.3 is 20.9 Å². The highest BCUT2D eigenvalue weighted by molar-refractivity contribution is 5.96. The van der Waals surface area contributed by atoms with E-state index in [1.54, 1.807) is 26.1 Å². The first kappa shape index (κ1) is 24.8. The summed E-state index contributed by atoms with van der Waals surface area (Å²) in [5, 5.41) is 16.9. The van der Waals surface area contributed by atoms with Crippen LogP contribution in [-0.2, 0) is 9.59 Å². The molecule has 2 atom stereocenters. The molecule has 1 aromatic rings. The predicted octanol–water partition coefficient (Wildman–Crippen LogP) is 2.91. The maximum Gasteiger partial charge on any atom is 0.306 e. The van der Waals surface area contributed by atoms with Gasteiger partial charge in [0.05, 0.1) is 24.1 Å². The largest absolute Gasteiger partial charge is 0.481 e. The van der Waals surface area contributed by atoms with E-state index in [9.17, 15) is 19.5 Å². The number of carbonyl (C=O) groups is 3. The number of nitrogens with zero attached hydrogens (tertiary/aromatic N) is 2. The van der Waals surface area contributed by atoms with Crippen LogP contribution in [0.2, 0.25) is 0 Å². The number of nitrogens with one attached hydrogen (secondary N) is 1. The van der Waals surface area contributed by atoms with E-state index in [4.69, 9.17) is 10.5 Å². The molecule has 2 aliphatic rings. The van der Waals surface area contributed by atoms with Crippen molar-refractivity contribution in [3.8, 4) is 5.88 Å². The maximum atomic E-state index is 13.3. The first-order valence-electron chi connectivity index (χ1n) is 11.7. The molecule has 2 aliphatic carbocycles. The van der Waals surface area contributed by atoms with Gasteiger partial charge in [-0.1, -0.05) is 26.3 Å². The average Bonchev–Trinajstić information content (AvgIpc) is 3.13. The van der Waals surface area contributed by atoms with Gasteiger partial charge in [-0.2, -0.15) is 5.10 Å². The van der Waals surface area contributed by atoms with Gasteiger partial charge in [-0.3, -0.25) is 14.4 Å². The van der Waals surface area contributed by atoms with Crippen molar-refractivity contribution in [2.24, 2.45) is 34.8 Å². The number of aliphatic carboxylic acids is 1. The minimum absolute atomic E-state index is 0.0486. The Morgan fingerprint density at radius 1 is 1.30 bits per heavy atom. The maximum absolute atomic E-state index is 13.3. The van der Waals surface area contributed by atoms with Gasteiger partial charge in [-0.05, 0) is 57.3 Å². The second-order valence-corrected chi connectivity index (χ2v) is 10.4. The average molecular weight is 461 g/mol. The number of carboxylic acid groups (broad SMARTS) is 1. The third kappa shape index (κ3) is 5.75. The van der Waals surface area contributed by atoms with Gasteiger partial charge in [0.2, 0.25) is 11.8 Å². The van der Waals surface area contributed by atoms with Crippen LogP contribution < -0.4 is 15.8 Å². The van der Waals surface area contributed by atoms with Crippen LogP contribution in [0.1, 0.15) is 70.2 Å². The predicted molar refractivity (Wildman–Crippen MR) is 123 cm³/mol. The van der Waals surface area contributed by atoms with E-state index in [1.165, 1.54) is 10.9 Å². The van der Waals surface area contributed by atoms with Crippen LogP contribution in [0.5, 0.6) is 5.88 Å². The summed E-state index contributed by atoms with van der Waals surface area (Å²) in [6, 6.07) is -0.0486. The van der Waals surface area contributed by atoms with Crippen molar-refractivity contribution >= 4 is 24.0 Å². The monoisotopic (exact) mass is 460 g/mol. The molecule has 2 fully saturated rings. The molecular weight excluding hydrogens is 424 g/mol. The molecule has 9 heteroatoms. The standard InChI is InChI=1S/C24H36N4O5/c1-14(2)13-33-21-18(12-26-28(21)9-8-24(3,4)23(25)32)20(29)27-19-15-6-5-7-16(19)11-17(10-15)22(30)31/h8-9,12,14-17,19H,5-7,10-11,13H2,1-4H3,(H2,25,32)(H,27,29)(H,30,31). The number of hydrogen-bond donors (Lipinski definition) is 3. The lowest BCUT2D eigenvalue weighted by Gasteiger charge is -2.45. The van der Waals surface area contributed by atoms with Gasteiger partial charge in [0, 0.05) is 12.2 Å². The number of aromatic nitrogens is 2. The lowest BCUT2D eigenvalue weighted by Crippen LogP contribution is -2.52. The summed E-state index contributed by atoms with van der Waals surface area (Å²) in [7, 11) is 0. The number of fused-ring (bicyclic) bond motifs is 2. The van der Waals surface area contributed by atoms with Crippen molar-refractivity contribution in [2.75, 3.05) is 6.61 Å². The summed E-state index contributed by atoms with van der Waals surface area (Å²) < 4.78 is 7.39. The zero-order valence-corrected chi connectivity index (χ0v) is 19.9. The second kappa shape index (κ2) is 9.97. The van der Waals surface area contributed by atoms with Crippen molar-refractivity contribution in [3.05, 3.63) is 17.8 Å². The third-order valence-corrected chi connectivity index (χ3v) is 6.80. The minimum atomic E-state index is -0.885. The van der Waals surface area contributed by atoms with Crippen LogP contribution in [0.25, 0.3) is 6.20 Å². The molecule has 2 bridgehead atoms. The fraction of sp³-hybridized carbons (Fsp3) is 0.667. The molecule has 4 N–H and O–H groups in total. The number of ether oxygens (including phenoxy) is 1. The van der Waals surface area contributed by atoms with Gasteiger partial charge in [0.15, 0.2) is 0 Å². The molecule has 1 aromatic heterocycles. The van der Waals surface area contributed by atoms with Crippen LogP contribution >= 0.6 is 0 Å². The summed E-state index contributed by atoms with van der Waals surface area (Å²) in [6.07, 6.45) is 8.78. The number of carboxylic acids is 1. The first-order valence-corrected chi connectivity index (χ1v) is 11.7. The van der Waals surface area contributed by atoms with Crippen molar-refractivity contribution in [1.82, 2.24) is 15.1 Å². The van der Waals surface area contributed by atoms with Crippen LogP contribution in [0.3, 0.4) is 0 Å². The van der Waals surface area contributed by atoms with E-state index >= 15 is 0 Å². The summed E-state index contributed by atoms with van der Waals surface area (Å²) in [5.74, 6) is -0.964. The van der Waals surface area contributed by atoms with Gasteiger partial charge in [-0.15, -0.1) is 0 Å². The highest BCUT2D eigenvalue weighted by Crippen LogP contribution is 2.43. The van der Waals surface area contributed by atoms with Crippen LogP contribution in [0.15, 0.2) is 12.3 Å². The Balaban J connectivity index is 1.82. The second-order valence-electron chi connectivity index (χ2n) is 10.4. The first-order chi connectivity index (χ1) is 15.5. The van der Waals surface area contributed by atoms with E-state index in [0.717, 1.165) is 19.3 Å². The van der Waals surface area contributed by atoms with E-state index in [0.29, 0.717) is 30.9 Å². The molecule has 33 heavy (non-hydrogen) atoms. The molecule has 182 valence electrons. The zero-order valence-electron chi connectivity index (χ0n) is 19.9. The van der Waals surface area contributed by atoms with Gasteiger partial charge in [0.25, 0.3) is 5.91 Å². The van der Waals surface area contributed by atoms with Crippen molar-refractivity contribution in [2.45, 2.75) is 65.8 Å². The van der Waals surface area contributed by atoms with Gasteiger partial charge in [-0.25, -0.2) is 4.68 Å². The van der Waals surface area contributed by atoms with E-state index in [2.05, 4.69) is 10.4 Å². The highest BCUT2D eigenvalue weighted by Gasteiger charge is 2.43. The quantitative estimate of drug-likeness (QED) is 0.518. The summed E-state index contributed by atoms with van der Waals surface area (Å²) in [5.41, 5.74) is 4.88. The minimum Gasteiger partial charge on any atom is -0.481 e. The molecule has 2 unspecified atom stereocenters. The molecule has 3 rings (SSSR count). The molecule has 1 heterocycles. The Hall–Kier alpha value is -2.84. The van der Waals surface area contributed by atoms with Crippen LogP contribution in [-0.4, -0.2) is 45.3 Å². The number of nitrogens with two attached hydrogens (primary N) is 1. The van der Waals surface area contributed by atoms with E-state index in [-0.39, 0.29) is 35.6 Å².